The van der Waals surface area contributed by atoms with Gasteiger partial charge in [0.05, 0.1) is 11.4 Å². The van der Waals surface area contributed by atoms with Crippen LogP contribution in [0, 0.1) is 6.92 Å². The van der Waals surface area contributed by atoms with Gasteiger partial charge in [-0.25, -0.2) is 9.35 Å². The third-order valence-electron chi connectivity index (χ3n) is 5.90. The first-order valence-electron chi connectivity index (χ1n) is 10.7. The molecular weight excluding hydrogens is 425 g/mol. The molecule has 0 N–H and O–H groups in total. The van der Waals surface area contributed by atoms with Crippen LogP contribution in [-0.4, -0.2) is 58.0 Å². The highest BCUT2D eigenvalue weighted by Crippen LogP contribution is 2.56. The molecule has 31 heavy (non-hydrogen) atoms. The Morgan fingerprint density at radius 3 is 2.26 bits per heavy atom. The van der Waals surface area contributed by atoms with Crippen molar-refractivity contribution in [1.82, 2.24) is 19.4 Å². The molecule has 1 aromatic heterocycles. The second-order valence-corrected chi connectivity index (χ2v) is 11.5. The summed E-state index contributed by atoms with van der Waals surface area (Å²) in [5.74, 6) is 1.39. The van der Waals surface area contributed by atoms with Crippen molar-refractivity contribution in [2.24, 2.45) is 4.99 Å². The van der Waals surface area contributed by atoms with Crippen molar-refractivity contribution in [3.63, 3.8) is 0 Å². The number of hydrogen-bond donors (Lipinski definition) is 0. The Bertz CT molecular complexity index is 1150. The van der Waals surface area contributed by atoms with E-state index in [9.17, 15) is 0 Å². The van der Waals surface area contributed by atoms with E-state index in [1.54, 1.807) is 0 Å². The van der Waals surface area contributed by atoms with E-state index in [0.29, 0.717) is 5.90 Å². The Morgan fingerprint density at radius 2 is 1.61 bits per heavy atom. The van der Waals surface area contributed by atoms with E-state index in [2.05, 4.69) is 16.5 Å². The van der Waals surface area contributed by atoms with E-state index < -0.39 is 6.42 Å². The third kappa shape index (κ3) is 3.66. The molecule has 5 rings (SSSR count). The van der Waals surface area contributed by atoms with Gasteiger partial charge in [-0.15, -0.1) is 0 Å². The van der Waals surface area contributed by atoms with Crippen LogP contribution in [0.1, 0.15) is 18.2 Å². The quantitative estimate of drug-likeness (QED) is 0.564. The minimum atomic E-state index is -2.55. The van der Waals surface area contributed by atoms with Gasteiger partial charge in [-0.2, -0.15) is 10.1 Å². The van der Waals surface area contributed by atoms with E-state index in [0.717, 1.165) is 60.8 Å². The predicted molar refractivity (Wildman–Crippen MR) is 130 cm³/mol. The van der Waals surface area contributed by atoms with Gasteiger partial charge in [-0.3, -0.25) is 0 Å². The normalized spacial score (nSPS) is 21.9. The number of nitrogens with zero attached hydrogens (tertiary/aromatic N) is 5. The number of rotatable bonds is 4. The fourth-order valence-corrected chi connectivity index (χ4v) is 7.95. The lowest BCUT2D eigenvalue weighted by Crippen LogP contribution is -2.46. The van der Waals surface area contributed by atoms with Gasteiger partial charge in [0.1, 0.15) is 5.30 Å². The van der Waals surface area contributed by atoms with Crippen LogP contribution < -0.4 is 5.30 Å². The van der Waals surface area contributed by atoms with Crippen LogP contribution in [0.4, 0.5) is 5.82 Å². The zero-order valence-corrected chi connectivity index (χ0v) is 19.5. The largest absolute Gasteiger partial charge is 0.431 e. The first kappa shape index (κ1) is 20.6. The van der Waals surface area contributed by atoms with Crippen LogP contribution in [0.2, 0.25) is 0 Å². The van der Waals surface area contributed by atoms with Crippen molar-refractivity contribution in [3.8, 4) is 5.69 Å². The van der Waals surface area contributed by atoms with Crippen LogP contribution in [0.5, 0.6) is 0 Å². The maximum atomic E-state index is 6.65. The SMILES string of the molecule is CCN1CCN(P2(=S)OC(c3ccccc3)=Nc3c2c(C)nn3-c2ccccc2)CC1. The van der Waals surface area contributed by atoms with Crippen LogP contribution >= 0.6 is 6.42 Å². The molecule has 0 saturated carbocycles. The second-order valence-electron chi connectivity index (χ2n) is 7.79. The molecule has 6 nitrogen and oxygen atoms in total. The molecule has 2 aliphatic rings. The first-order valence-corrected chi connectivity index (χ1v) is 13.3. The fraction of sp³-hybridized carbons (Fsp3) is 0.304. The summed E-state index contributed by atoms with van der Waals surface area (Å²) in [5, 5.41) is 5.85. The Hall–Kier alpha value is -2.31. The summed E-state index contributed by atoms with van der Waals surface area (Å²) in [4.78, 5) is 7.41. The van der Waals surface area contributed by atoms with Gasteiger partial charge in [0.25, 0.3) is 0 Å². The molecule has 0 spiro atoms. The maximum absolute atomic E-state index is 6.65. The smallest absolute Gasteiger partial charge is 0.227 e. The zero-order valence-electron chi connectivity index (χ0n) is 17.8. The highest BCUT2D eigenvalue weighted by molar-refractivity contribution is 8.15. The summed E-state index contributed by atoms with van der Waals surface area (Å²) in [6, 6.07) is 20.2. The molecule has 1 unspecified atom stereocenters. The topological polar surface area (TPSA) is 45.9 Å². The minimum Gasteiger partial charge on any atom is -0.431 e. The summed E-state index contributed by atoms with van der Waals surface area (Å²) in [6.45, 7) is 9.07. The number of para-hydroxylation sites is 1. The summed E-state index contributed by atoms with van der Waals surface area (Å²) < 4.78 is 10.9. The molecule has 1 saturated heterocycles. The second kappa shape index (κ2) is 8.32. The molecule has 3 heterocycles. The number of aryl methyl sites for hydroxylation is 1. The molecule has 1 atom stereocenters. The summed E-state index contributed by atoms with van der Waals surface area (Å²) in [5.41, 5.74) is 2.81. The molecule has 2 aromatic carbocycles. The first-order chi connectivity index (χ1) is 15.1. The Balaban J connectivity index is 1.66. The number of fused-ring (bicyclic) bond motifs is 1. The average Bonchev–Trinajstić information content (AvgIpc) is 3.17. The van der Waals surface area contributed by atoms with Gasteiger partial charge in [0, 0.05) is 31.7 Å². The van der Waals surface area contributed by atoms with Gasteiger partial charge >= 0.3 is 0 Å². The van der Waals surface area contributed by atoms with Crippen molar-refractivity contribution < 1.29 is 4.52 Å². The van der Waals surface area contributed by atoms with Gasteiger partial charge in [-0.05, 0) is 49.5 Å². The highest BCUT2D eigenvalue weighted by Gasteiger charge is 2.42. The van der Waals surface area contributed by atoms with Crippen LogP contribution in [0.3, 0.4) is 0 Å². The fourth-order valence-electron chi connectivity index (χ4n) is 4.18. The number of hydrogen-bond acceptors (Lipinski definition) is 5. The van der Waals surface area contributed by atoms with Crippen molar-refractivity contribution in [2.45, 2.75) is 13.8 Å². The van der Waals surface area contributed by atoms with Crippen LogP contribution in [0.15, 0.2) is 65.7 Å². The van der Waals surface area contributed by atoms with E-state index >= 15 is 0 Å². The molecule has 0 amide bonds. The van der Waals surface area contributed by atoms with Crippen molar-refractivity contribution in [2.75, 3.05) is 32.7 Å². The monoisotopic (exact) mass is 451 g/mol. The number of aliphatic imine (C=N–C) groups is 1. The third-order valence-corrected chi connectivity index (χ3v) is 10.0. The van der Waals surface area contributed by atoms with Crippen LogP contribution in [-0.2, 0) is 16.3 Å². The Kier molecular flexibility index (Phi) is 5.52. The molecule has 8 heteroatoms. The molecular formula is C23H26N5OPS. The van der Waals surface area contributed by atoms with E-state index in [-0.39, 0.29) is 0 Å². The maximum Gasteiger partial charge on any atom is 0.227 e. The van der Waals surface area contributed by atoms with E-state index in [1.807, 2.05) is 72.3 Å². The van der Waals surface area contributed by atoms with Gasteiger partial charge in [-0.1, -0.05) is 43.3 Å². The molecule has 160 valence electrons. The van der Waals surface area contributed by atoms with Gasteiger partial charge in [0.2, 0.25) is 12.3 Å². The van der Waals surface area contributed by atoms with Crippen molar-refractivity contribution in [1.29, 1.82) is 0 Å². The van der Waals surface area contributed by atoms with Gasteiger partial charge in [0.15, 0.2) is 5.82 Å². The predicted octanol–water partition coefficient (Wildman–Crippen LogP) is 3.86. The van der Waals surface area contributed by atoms with E-state index in [1.165, 1.54) is 0 Å². The summed E-state index contributed by atoms with van der Waals surface area (Å²) >= 11 is 6.39. The minimum absolute atomic E-state index is 0.589. The zero-order chi connectivity index (χ0) is 21.4. The molecule has 3 aromatic rings. The number of benzene rings is 2. The van der Waals surface area contributed by atoms with Crippen molar-refractivity contribution in [3.05, 3.63) is 71.9 Å². The van der Waals surface area contributed by atoms with Crippen molar-refractivity contribution >= 4 is 35.2 Å². The standard InChI is InChI=1S/C23H26N5OPS/c1-3-26-14-16-27(17-15-26)30(31)21-18(2)25-28(20-12-8-5-9-13-20)22(21)24-23(29-30)19-10-6-4-7-11-19/h4-13H,3,14-17H2,1-2H3. The van der Waals surface area contributed by atoms with Crippen LogP contribution in [0.25, 0.3) is 5.69 Å². The Morgan fingerprint density at radius 1 is 0.968 bits per heavy atom. The van der Waals surface area contributed by atoms with E-state index in [4.69, 9.17) is 26.4 Å². The summed E-state index contributed by atoms with van der Waals surface area (Å²) in [6.07, 6.45) is -2.55. The highest BCUT2D eigenvalue weighted by atomic mass is 32.4. The lowest BCUT2D eigenvalue weighted by molar-refractivity contribution is 0.195. The molecule has 0 aliphatic carbocycles. The molecule has 2 aliphatic heterocycles. The Labute approximate surface area is 188 Å². The average molecular weight is 452 g/mol. The number of aromatic nitrogens is 2. The summed E-state index contributed by atoms with van der Waals surface area (Å²) in [7, 11) is 0. The number of likely N-dealkylation sites (N-methyl/N-ethyl adjacent to an activating group) is 1. The molecule has 1 fully saturated rings. The molecule has 0 radical (unpaired) electrons. The lowest BCUT2D eigenvalue weighted by Gasteiger charge is -2.41. The number of piperazine rings is 1. The van der Waals surface area contributed by atoms with Gasteiger partial charge < -0.3 is 9.42 Å². The molecule has 0 bridgehead atoms. The lowest BCUT2D eigenvalue weighted by atomic mass is 10.2.